The standard InChI is InChI=1S/C14H31NO/c1-4-5-6-7-8-9-10-14(11-15,12-16)13(2)3/h13,16H,4-12,15H2,1-3H3. The van der Waals surface area contributed by atoms with Gasteiger partial charge in [0.05, 0.1) is 6.61 Å². The SMILES string of the molecule is CCCCCCCCC(CN)(CO)C(C)C. The molecule has 1 unspecified atom stereocenters. The predicted octanol–water partition coefficient (Wildman–Crippen LogP) is 3.33. The van der Waals surface area contributed by atoms with Crippen molar-refractivity contribution in [2.24, 2.45) is 17.1 Å². The average molecular weight is 229 g/mol. The largest absolute Gasteiger partial charge is 0.396 e. The average Bonchev–Trinajstić information content (AvgIpc) is 2.28. The van der Waals surface area contributed by atoms with Crippen molar-refractivity contribution in [2.75, 3.05) is 13.2 Å². The Morgan fingerprint density at radius 2 is 1.62 bits per heavy atom. The van der Waals surface area contributed by atoms with E-state index in [0.717, 1.165) is 6.42 Å². The highest BCUT2D eigenvalue weighted by molar-refractivity contribution is 4.82. The van der Waals surface area contributed by atoms with E-state index in [1.807, 2.05) is 0 Å². The van der Waals surface area contributed by atoms with E-state index in [4.69, 9.17) is 5.73 Å². The first kappa shape index (κ1) is 15.9. The second-order valence-electron chi connectivity index (χ2n) is 5.40. The van der Waals surface area contributed by atoms with Gasteiger partial charge in [-0.25, -0.2) is 0 Å². The highest BCUT2D eigenvalue weighted by Gasteiger charge is 2.30. The van der Waals surface area contributed by atoms with Crippen LogP contribution in [-0.4, -0.2) is 18.3 Å². The zero-order chi connectivity index (χ0) is 12.4. The topological polar surface area (TPSA) is 46.2 Å². The maximum Gasteiger partial charge on any atom is 0.0501 e. The highest BCUT2D eigenvalue weighted by atomic mass is 16.3. The van der Waals surface area contributed by atoms with E-state index in [0.29, 0.717) is 12.5 Å². The van der Waals surface area contributed by atoms with Crippen molar-refractivity contribution in [3.8, 4) is 0 Å². The van der Waals surface area contributed by atoms with Crippen molar-refractivity contribution in [3.05, 3.63) is 0 Å². The first-order valence-electron chi connectivity index (χ1n) is 6.94. The maximum atomic E-state index is 9.51. The number of rotatable bonds is 10. The third kappa shape index (κ3) is 5.31. The number of unbranched alkanes of at least 4 members (excludes halogenated alkanes) is 5. The molecular weight excluding hydrogens is 198 g/mol. The zero-order valence-corrected chi connectivity index (χ0v) is 11.5. The van der Waals surface area contributed by atoms with Crippen molar-refractivity contribution < 1.29 is 5.11 Å². The molecule has 1 atom stereocenters. The zero-order valence-electron chi connectivity index (χ0n) is 11.5. The van der Waals surface area contributed by atoms with Crippen LogP contribution in [0.4, 0.5) is 0 Å². The summed E-state index contributed by atoms with van der Waals surface area (Å²) in [6.07, 6.45) is 8.91. The lowest BCUT2D eigenvalue weighted by Crippen LogP contribution is -2.39. The number of nitrogens with two attached hydrogens (primary N) is 1. The Hall–Kier alpha value is -0.0800. The molecule has 16 heavy (non-hydrogen) atoms. The smallest absolute Gasteiger partial charge is 0.0501 e. The van der Waals surface area contributed by atoms with Crippen LogP contribution in [0.5, 0.6) is 0 Å². The molecule has 0 rings (SSSR count). The molecule has 98 valence electrons. The van der Waals surface area contributed by atoms with Crippen molar-refractivity contribution >= 4 is 0 Å². The monoisotopic (exact) mass is 229 g/mol. The van der Waals surface area contributed by atoms with Gasteiger partial charge in [0.2, 0.25) is 0 Å². The second-order valence-corrected chi connectivity index (χ2v) is 5.40. The first-order chi connectivity index (χ1) is 7.63. The molecule has 0 aliphatic carbocycles. The summed E-state index contributed by atoms with van der Waals surface area (Å²) in [4.78, 5) is 0. The van der Waals surface area contributed by atoms with Crippen LogP contribution in [0.3, 0.4) is 0 Å². The Balaban J connectivity index is 3.77. The highest BCUT2D eigenvalue weighted by Crippen LogP contribution is 2.32. The van der Waals surface area contributed by atoms with Gasteiger partial charge in [0, 0.05) is 12.0 Å². The van der Waals surface area contributed by atoms with Crippen LogP contribution in [0.2, 0.25) is 0 Å². The Bertz CT molecular complexity index is 153. The summed E-state index contributed by atoms with van der Waals surface area (Å²) in [5, 5.41) is 9.51. The Labute approximate surface area is 102 Å². The molecule has 2 heteroatoms. The molecule has 0 saturated heterocycles. The van der Waals surface area contributed by atoms with Gasteiger partial charge in [0.15, 0.2) is 0 Å². The molecule has 0 aromatic rings. The third-order valence-electron chi connectivity index (χ3n) is 3.97. The van der Waals surface area contributed by atoms with Gasteiger partial charge < -0.3 is 10.8 Å². The fourth-order valence-electron chi connectivity index (χ4n) is 2.21. The van der Waals surface area contributed by atoms with Gasteiger partial charge in [0.1, 0.15) is 0 Å². The van der Waals surface area contributed by atoms with Gasteiger partial charge in [-0.1, -0.05) is 59.3 Å². The molecule has 0 aliphatic rings. The third-order valence-corrected chi connectivity index (χ3v) is 3.97. The molecule has 0 saturated carbocycles. The molecule has 3 N–H and O–H groups in total. The Morgan fingerprint density at radius 1 is 1.06 bits per heavy atom. The van der Waals surface area contributed by atoms with Gasteiger partial charge >= 0.3 is 0 Å². The van der Waals surface area contributed by atoms with Gasteiger partial charge in [-0.15, -0.1) is 0 Å². The van der Waals surface area contributed by atoms with Crippen molar-refractivity contribution in [1.82, 2.24) is 0 Å². The number of hydrogen-bond donors (Lipinski definition) is 2. The molecule has 0 aromatic carbocycles. The summed E-state index contributed by atoms with van der Waals surface area (Å²) in [5.41, 5.74) is 5.78. The lowest BCUT2D eigenvalue weighted by Gasteiger charge is -2.34. The summed E-state index contributed by atoms with van der Waals surface area (Å²) < 4.78 is 0. The summed E-state index contributed by atoms with van der Waals surface area (Å²) in [5.74, 6) is 0.471. The minimum atomic E-state index is -0.0369. The van der Waals surface area contributed by atoms with Gasteiger partial charge in [-0.3, -0.25) is 0 Å². The van der Waals surface area contributed by atoms with E-state index >= 15 is 0 Å². The molecule has 0 spiro atoms. The van der Waals surface area contributed by atoms with Crippen LogP contribution >= 0.6 is 0 Å². The van der Waals surface area contributed by atoms with E-state index < -0.39 is 0 Å². The van der Waals surface area contributed by atoms with Crippen LogP contribution < -0.4 is 5.73 Å². The van der Waals surface area contributed by atoms with Gasteiger partial charge in [-0.05, 0) is 12.3 Å². The molecule has 0 fully saturated rings. The molecule has 0 aromatic heterocycles. The predicted molar refractivity (Wildman–Crippen MR) is 71.4 cm³/mol. The number of hydrogen-bond acceptors (Lipinski definition) is 2. The molecular formula is C14H31NO. The molecule has 0 bridgehead atoms. The lowest BCUT2D eigenvalue weighted by atomic mass is 9.74. The van der Waals surface area contributed by atoms with E-state index in [1.54, 1.807) is 0 Å². The summed E-state index contributed by atoms with van der Waals surface area (Å²) in [6, 6.07) is 0. The van der Waals surface area contributed by atoms with Crippen LogP contribution in [0.15, 0.2) is 0 Å². The van der Waals surface area contributed by atoms with E-state index in [2.05, 4.69) is 20.8 Å². The van der Waals surface area contributed by atoms with Crippen molar-refractivity contribution in [2.45, 2.75) is 65.7 Å². The quantitative estimate of drug-likeness (QED) is 0.564. The van der Waals surface area contributed by atoms with E-state index in [-0.39, 0.29) is 12.0 Å². The minimum absolute atomic E-state index is 0.0369. The Kier molecular flexibility index (Phi) is 8.96. The fraction of sp³-hybridized carbons (Fsp3) is 1.00. The molecule has 0 heterocycles. The molecule has 0 aliphatic heterocycles. The van der Waals surface area contributed by atoms with Crippen LogP contribution in [0, 0.1) is 11.3 Å². The maximum absolute atomic E-state index is 9.51. The summed E-state index contributed by atoms with van der Waals surface area (Å²) in [7, 11) is 0. The van der Waals surface area contributed by atoms with Crippen molar-refractivity contribution in [3.63, 3.8) is 0 Å². The second kappa shape index (κ2) is 9.00. The van der Waals surface area contributed by atoms with Gasteiger partial charge in [-0.2, -0.15) is 0 Å². The molecule has 2 nitrogen and oxygen atoms in total. The van der Waals surface area contributed by atoms with E-state index in [9.17, 15) is 5.11 Å². The lowest BCUT2D eigenvalue weighted by molar-refractivity contribution is 0.0722. The normalized spacial score (nSPS) is 15.4. The number of aliphatic hydroxyl groups is 1. The molecule has 0 radical (unpaired) electrons. The first-order valence-corrected chi connectivity index (χ1v) is 6.94. The van der Waals surface area contributed by atoms with Crippen molar-refractivity contribution in [1.29, 1.82) is 0 Å². The summed E-state index contributed by atoms with van der Waals surface area (Å²) >= 11 is 0. The minimum Gasteiger partial charge on any atom is -0.396 e. The van der Waals surface area contributed by atoms with Crippen LogP contribution in [0.25, 0.3) is 0 Å². The van der Waals surface area contributed by atoms with Gasteiger partial charge in [0.25, 0.3) is 0 Å². The van der Waals surface area contributed by atoms with Crippen LogP contribution in [-0.2, 0) is 0 Å². The fourth-order valence-corrected chi connectivity index (χ4v) is 2.21. The van der Waals surface area contributed by atoms with Crippen LogP contribution in [0.1, 0.15) is 65.7 Å². The van der Waals surface area contributed by atoms with E-state index in [1.165, 1.54) is 38.5 Å². The summed E-state index contributed by atoms with van der Waals surface area (Å²) in [6.45, 7) is 7.41. The molecule has 0 amide bonds. The Morgan fingerprint density at radius 3 is 2.06 bits per heavy atom. The number of aliphatic hydroxyl groups excluding tert-OH is 1.